The summed E-state index contributed by atoms with van der Waals surface area (Å²) in [4.78, 5) is 4.43. The number of aromatic nitrogens is 1. The SMILES string of the molecule is N#CCCc1ccc2c(n1)NCC2. The molecule has 66 valence electrons. The lowest BCUT2D eigenvalue weighted by atomic mass is 10.2. The Morgan fingerprint density at radius 2 is 2.46 bits per heavy atom. The molecule has 1 aliphatic rings. The van der Waals surface area contributed by atoms with E-state index in [1.54, 1.807) is 0 Å². The molecule has 2 rings (SSSR count). The van der Waals surface area contributed by atoms with Crippen LogP contribution in [0.1, 0.15) is 17.7 Å². The number of aryl methyl sites for hydroxylation is 1. The Hall–Kier alpha value is -1.56. The Bertz CT molecular complexity index is 352. The van der Waals surface area contributed by atoms with Crippen LogP contribution in [0.4, 0.5) is 5.82 Å². The van der Waals surface area contributed by atoms with Crippen LogP contribution in [-0.4, -0.2) is 11.5 Å². The van der Waals surface area contributed by atoms with Gasteiger partial charge in [0.05, 0.1) is 6.07 Å². The molecule has 13 heavy (non-hydrogen) atoms. The Labute approximate surface area is 77.4 Å². The van der Waals surface area contributed by atoms with Crippen molar-refractivity contribution in [3.8, 4) is 6.07 Å². The second-order valence-electron chi connectivity index (χ2n) is 3.15. The van der Waals surface area contributed by atoms with Crippen LogP contribution in [-0.2, 0) is 12.8 Å². The zero-order chi connectivity index (χ0) is 9.10. The second-order valence-corrected chi connectivity index (χ2v) is 3.15. The van der Waals surface area contributed by atoms with Crippen LogP contribution in [0.25, 0.3) is 0 Å². The van der Waals surface area contributed by atoms with Gasteiger partial charge in [-0.15, -0.1) is 0 Å². The molecule has 3 heteroatoms. The van der Waals surface area contributed by atoms with Crippen molar-refractivity contribution < 1.29 is 0 Å². The number of pyridine rings is 1. The van der Waals surface area contributed by atoms with Gasteiger partial charge in [0.2, 0.25) is 0 Å². The fourth-order valence-corrected chi connectivity index (χ4v) is 1.52. The van der Waals surface area contributed by atoms with E-state index in [2.05, 4.69) is 22.4 Å². The number of fused-ring (bicyclic) bond motifs is 1. The summed E-state index contributed by atoms with van der Waals surface area (Å²) in [6.07, 6.45) is 2.37. The van der Waals surface area contributed by atoms with E-state index in [9.17, 15) is 0 Å². The van der Waals surface area contributed by atoms with Crippen LogP contribution in [0.15, 0.2) is 12.1 Å². The van der Waals surface area contributed by atoms with Gasteiger partial charge < -0.3 is 5.32 Å². The van der Waals surface area contributed by atoms with Crippen LogP contribution in [0.2, 0.25) is 0 Å². The molecule has 0 spiro atoms. The first-order valence-electron chi connectivity index (χ1n) is 4.50. The Morgan fingerprint density at radius 3 is 3.31 bits per heavy atom. The van der Waals surface area contributed by atoms with Gasteiger partial charge in [0.25, 0.3) is 0 Å². The lowest BCUT2D eigenvalue weighted by molar-refractivity contribution is 0.953. The molecule has 0 fully saturated rings. The topological polar surface area (TPSA) is 48.7 Å². The number of hydrogen-bond acceptors (Lipinski definition) is 3. The van der Waals surface area contributed by atoms with E-state index in [1.807, 2.05) is 6.07 Å². The highest BCUT2D eigenvalue weighted by molar-refractivity contribution is 5.49. The molecule has 1 aromatic rings. The highest BCUT2D eigenvalue weighted by atomic mass is 15.0. The fraction of sp³-hybridized carbons (Fsp3) is 0.400. The summed E-state index contributed by atoms with van der Waals surface area (Å²) >= 11 is 0. The average molecular weight is 173 g/mol. The largest absolute Gasteiger partial charge is 0.370 e. The third-order valence-electron chi connectivity index (χ3n) is 2.22. The molecule has 2 heterocycles. The first-order chi connectivity index (χ1) is 6.40. The van der Waals surface area contributed by atoms with Gasteiger partial charge in [0.1, 0.15) is 5.82 Å². The third-order valence-corrected chi connectivity index (χ3v) is 2.22. The maximum Gasteiger partial charge on any atom is 0.129 e. The van der Waals surface area contributed by atoms with Crippen molar-refractivity contribution in [1.29, 1.82) is 5.26 Å². The summed E-state index contributed by atoms with van der Waals surface area (Å²) in [6.45, 7) is 0.990. The van der Waals surface area contributed by atoms with Gasteiger partial charge in [-0.05, 0) is 18.1 Å². The summed E-state index contributed by atoms with van der Waals surface area (Å²) in [5.74, 6) is 1.01. The number of nitriles is 1. The van der Waals surface area contributed by atoms with Gasteiger partial charge in [-0.1, -0.05) is 6.07 Å². The molecule has 0 atom stereocenters. The van der Waals surface area contributed by atoms with Crippen molar-refractivity contribution >= 4 is 5.82 Å². The first kappa shape index (κ1) is 8.06. The smallest absolute Gasteiger partial charge is 0.129 e. The third kappa shape index (κ3) is 1.62. The number of hydrogen-bond donors (Lipinski definition) is 1. The van der Waals surface area contributed by atoms with E-state index in [4.69, 9.17) is 5.26 Å². The maximum absolute atomic E-state index is 8.43. The van der Waals surface area contributed by atoms with E-state index >= 15 is 0 Å². The summed E-state index contributed by atoms with van der Waals surface area (Å²) in [5.41, 5.74) is 2.30. The molecule has 0 saturated carbocycles. The van der Waals surface area contributed by atoms with Crippen molar-refractivity contribution in [2.24, 2.45) is 0 Å². The summed E-state index contributed by atoms with van der Waals surface area (Å²) in [6, 6.07) is 6.25. The van der Waals surface area contributed by atoms with Gasteiger partial charge in [0.15, 0.2) is 0 Å². The van der Waals surface area contributed by atoms with E-state index < -0.39 is 0 Å². The minimum Gasteiger partial charge on any atom is -0.370 e. The van der Waals surface area contributed by atoms with Gasteiger partial charge >= 0.3 is 0 Å². The molecule has 0 bridgehead atoms. The van der Waals surface area contributed by atoms with Gasteiger partial charge in [0, 0.05) is 25.1 Å². The highest BCUT2D eigenvalue weighted by Crippen LogP contribution is 2.19. The number of rotatable bonds is 2. The molecule has 1 N–H and O–H groups in total. The van der Waals surface area contributed by atoms with Crippen LogP contribution >= 0.6 is 0 Å². The standard InChI is InChI=1S/C10H11N3/c11-6-1-2-9-4-3-8-5-7-12-10(8)13-9/h3-4H,1-2,5,7H2,(H,12,13). The molecule has 0 amide bonds. The summed E-state index contributed by atoms with van der Waals surface area (Å²) < 4.78 is 0. The van der Waals surface area contributed by atoms with Crippen molar-refractivity contribution in [3.05, 3.63) is 23.4 Å². The van der Waals surface area contributed by atoms with Crippen molar-refractivity contribution in [1.82, 2.24) is 4.98 Å². The van der Waals surface area contributed by atoms with Gasteiger partial charge in [-0.2, -0.15) is 5.26 Å². The van der Waals surface area contributed by atoms with E-state index in [0.717, 1.165) is 30.9 Å². The van der Waals surface area contributed by atoms with Crippen LogP contribution in [0.5, 0.6) is 0 Å². The Balaban J connectivity index is 2.17. The van der Waals surface area contributed by atoms with E-state index in [-0.39, 0.29) is 0 Å². The monoisotopic (exact) mass is 173 g/mol. The molecule has 1 aromatic heterocycles. The quantitative estimate of drug-likeness (QED) is 0.737. The predicted molar refractivity (Wildman–Crippen MR) is 50.4 cm³/mol. The minimum absolute atomic E-state index is 0.547. The minimum atomic E-state index is 0.547. The molecular formula is C10H11N3. The molecule has 0 saturated heterocycles. The maximum atomic E-state index is 8.43. The molecule has 0 unspecified atom stereocenters. The molecule has 0 radical (unpaired) electrons. The first-order valence-corrected chi connectivity index (χ1v) is 4.50. The lowest BCUT2D eigenvalue weighted by Crippen LogP contribution is -1.96. The van der Waals surface area contributed by atoms with Crippen LogP contribution < -0.4 is 5.32 Å². The van der Waals surface area contributed by atoms with E-state index in [1.165, 1.54) is 5.56 Å². The summed E-state index contributed by atoms with van der Waals surface area (Å²) in [5, 5.41) is 11.7. The average Bonchev–Trinajstić information content (AvgIpc) is 2.61. The van der Waals surface area contributed by atoms with Crippen molar-refractivity contribution in [2.45, 2.75) is 19.3 Å². The Morgan fingerprint density at radius 1 is 1.54 bits per heavy atom. The number of nitrogens with one attached hydrogen (secondary N) is 1. The lowest BCUT2D eigenvalue weighted by Gasteiger charge is -2.01. The molecular weight excluding hydrogens is 162 g/mol. The van der Waals surface area contributed by atoms with Crippen LogP contribution in [0, 0.1) is 11.3 Å². The Kier molecular flexibility index (Phi) is 2.13. The molecule has 3 nitrogen and oxygen atoms in total. The molecule has 1 aliphatic heterocycles. The molecule has 0 aliphatic carbocycles. The fourth-order valence-electron chi connectivity index (χ4n) is 1.52. The zero-order valence-corrected chi connectivity index (χ0v) is 7.38. The van der Waals surface area contributed by atoms with E-state index in [0.29, 0.717) is 6.42 Å². The van der Waals surface area contributed by atoms with Gasteiger partial charge in [-0.25, -0.2) is 4.98 Å². The van der Waals surface area contributed by atoms with Gasteiger partial charge in [-0.3, -0.25) is 0 Å². The summed E-state index contributed by atoms with van der Waals surface area (Å²) in [7, 11) is 0. The molecule has 0 aromatic carbocycles. The zero-order valence-electron chi connectivity index (χ0n) is 7.38. The number of nitrogens with zero attached hydrogens (tertiary/aromatic N) is 2. The normalized spacial score (nSPS) is 13.2. The number of anilines is 1. The predicted octanol–water partition coefficient (Wildman–Crippen LogP) is 1.51. The van der Waals surface area contributed by atoms with Crippen molar-refractivity contribution in [3.63, 3.8) is 0 Å². The van der Waals surface area contributed by atoms with Crippen LogP contribution in [0.3, 0.4) is 0 Å². The highest BCUT2D eigenvalue weighted by Gasteiger charge is 2.10. The van der Waals surface area contributed by atoms with Crippen molar-refractivity contribution in [2.75, 3.05) is 11.9 Å². The second kappa shape index (κ2) is 3.44.